The molecule has 10 heteroatoms. The largest absolute Gasteiger partial charge is 0.378 e. The summed E-state index contributed by atoms with van der Waals surface area (Å²) >= 11 is 0. The van der Waals surface area contributed by atoms with Crippen LogP contribution in [0.2, 0.25) is 0 Å². The number of amides is 4. The van der Waals surface area contributed by atoms with E-state index in [1.54, 1.807) is 0 Å². The molecular formula is C27H33N5O5. The van der Waals surface area contributed by atoms with Gasteiger partial charge in [-0.05, 0) is 30.2 Å². The zero-order valence-electron chi connectivity index (χ0n) is 21.1. The number of imide groups is 1. The highest BCUT2D eigenvalue weighted by molar-refractivity contribution is 6.10. The molecule has 37 heavy (non-hydrogen) atoms. The fourth-order valence-corrected chi connectivity index (χ4v) is 5.17. The minimum Gasteiger partial charge on any atom is -0.378 e. The van der Waals surface area contributed by atoms with Crippen molar-refractivity contribution in [1.29, 1.82) is 0 Å². The highest BCUT2D eigenvalue weighted by atomic mass is 16.5. The van der Waals surface area contributed by atoms with Gasteiger partial charge in [-0.15, -0.1) is 0 Å². The average molecular weight is 508 g/mol. The van der Waals surface area contributed by atoms with E-state index in [0.29, 0.717) is 57.2 Å². The van der Waals surface area contributed by atoms with Crippen LogP contribution >= 0.6 is 0 Å². The van der Waals surface area contributed by atoms with E-state index >= 15 is 0 Å². The fourth-order valence-electron chi connectivity index (χ4n) is 5.17. The first-order valence-electron chi connectivity index (χ1n) is 12.8. The maximum absolute atomic E-state index is 13.4. The summed E-state index contributed by atoms with van der Waals surface area (Å²) in [6.45, 7) is 7.08. The van der Waals surface area contributed by atoms with E-state index in [4.69, 9.17) is 9.47 Å². The molecule has 0 spiro atoms. The van der Waals surface area contributed by atoms with E-state index in [1.807, 2.05) is 49.4 Å². The number of ether oxygens (including phenoxy) is 2. The van der Waals surface area contributed by atoms with Gasteiger partial charge in [-0.1, -0.05) is 37.3 Å². The minimum atomic E-state index is -1.17. The van der Waals surface area contributed by atoms with Crippen molar-refractivity contribution in [2.45, 2.75) is 18.9 Å². The normalized spacial score (nSPS) is 22.2. The Bertz CT molecular complexity index is 1150. The Kier molecular flexibility index (Phi) is 7.29. The molecule has 0 aromatic heterocycles. The fraction of sp³-hybridized carbons (Fsp3) is 0.444. The molecule has 10 nitrogen and oxygen atoms in total. The van der Waals surface area contributed by atoms with E-state index in [2.05, 4.69) is 26.5 Å². The van der Waals surface area contributed by atoms with Crippen LogP contribution in [0.4, 0.5) is 21.9 Å². The molecule has 2 N–H and O–H groups in total. The lowest BCUT2D eigenvalue weighted by Crippen LogP contribution is -2.44. The van der Waals surface area contributed by atoms with Gasteiger partial charge in [0.05, 0.1) is 37.8 Å². The van der Waals surface area contributed by atoms with Gasteiger partial charge in [-0.2, -0.15) is 0 Å². The van der Waals surface area contributed by atoms with Crippen LogP contribution in [0.15, 0.2) is 48.5 Å². The summed E-state index contributed by atoms with van der Waals surface area (Å²) in [6.07, 6.45) is 0.379. The van der Waals surface area contributed by atoms with E-state index < -0.39 is 23.4 Å². The van der Waals surface area contributed by atoms with Crippen molar-refractivity contribution < 1.29 is 23.9 Å². The molecule has 0 radical (unpaired) electrons. The number of nitrogens with one attached hydrogen (secondary N) is 2. The summed E-state index contributed by atoms with van der Waals surface area (Å²) in [5.74, 6) is -0.852. The molecule has 1 atom stereocenters. The number of anilines is 3. The van der Waals surface area contributed by atoms with Gasteiger partial charge in [0.2, 0.25) is 5.91 Å². The molecule has 3 aliphatic rings. The van der Waals surface area contributed by atoms with Crippen LogP contribution in [0.5, 0.6) is 0 Å². The van der Waals surface area contributed by atoms with Gasteiger partial charge in [0.1, 0.15) is 12.1 Å². The molecule has 0 unspecified atom stereocenters. The second-order valence-corrected chi connectivity index (χ2v) is 9.39. The third-order valence-corrected chi connectivity index (χ3v) is 7.26. The lowest BCUT2D eigenvalue weighted by molar-refractivity contribution is -0.134. The predicted octanol–water partition coefficient (Wildman–Crippen LogP) is 2.16. The Morgan fingerprint density at radius 3 is 2.24 bits per heavy atom. The summed E-state index contributed by atoms with van der Waals surface area (Å²) in [5.41, 5.74) is 2.13. The Morgan fingerprint density at radius 1 is 0.946 bits per heavy atom. The lowest BCUT2D eigenvalue weighted by Gasteiger charge is -2.33. The van der Waals surface area contributed by atoms with Crippen molar-refractivity contribution in [2.24, 2.45) is 0 Å². The molecule has 3 saturated heterocycles. The van der Waals surface area contributed by atoms with Gasteiger partial charge in [0.15, 0.2) is 0 Å². The van der Waals surface area contributed by atoms with E-state index in [0.717, 1.165) is 29.4 Å². The molecule has 5 rings (SSSR count). The number of rotatable bonds is 7. The predicted molar refractivity (Wildman–Crippen MR) is 140 cm³/mol. The number of morpholine rings is 2. The number of urea groups is 1. The summed E-state index contributed by atoms with van der Waals surface area (Å²) < 4.78 is 11.0. The summed E-state index contributed by atoms with van der Waals surface area (Å²) in [6, 6.07) is 14.5. The lowest BCUT2D eigenvalue weighted by atomic mass is 9.87. The standard InChI is InChI=1S/C27H33N5O5/c1-2-27(20-6-4-3-5-7-20)25(34)32(26(35)29-27)19-24(33)28-22-9-8-21(30-10-14-36-15-11-30)18-23(22)31-12-16-37-17-13-31/h3-9,18H,2,10-17,19H2,1H3,(H,28,33)(H,29,35)/t27-/m1/s1. The topological polar surface area (TPSA) is 103 Å². The highest BCUT2D eigenvalue weighted by Crippen LogP contribution is 2.34. The van der Waals surface area contributed by atoms with Gasteiger partial charge < -0.3 is 29.9 Å². The first kappa shape index (κ1) is 25.0. The molecule has 2 aromatic carbocycles. The molecule has 196 valence electrons. The summed E-state index contributed by atoms with van der Waals surface area (Å²) in [5, 5.41) is 5.78. The van der Waals surface area contributed by atoms with Crippen LogP contribution in [0.1, 0.15) is 18.9 Å². The first-order chi connectivity index (χ1) is 18.0. The number of carbonyl (C=O) groups is 3. The number of hydrogen-bond acceptors (Lipinski definition) is 7. The van der Waals surface area contributed by atoms with Gasteiger partial charge >= 0.3 is 6.03 Å². The first-order valence-corrected chi connectivity index (χ1v) is 12.8. The van der Waals surface area contributed by atoms with E-state index in [1.165, 1.54) is 0 Å². The molecule has 0 bridgehead atoms. The van der Waals surface area contributed by atoms with Gasteiger partial charge in [0, 0.05) is 31.9 Å². The number of nitrogens with zero attached hydrogens (tertiary/aromatic N) is 3. The molecule has 0 saturated carbocycles. The van der Waals surface area contributed by atoms with Crippen molar-refractivity contribution in [3.8, 4) is 0 Å². The third-order valence-electron chi connectivity index (χ3n) is 7.26. The molecule has 4 amide bonds. The second-order valence-electron chi connectivity index (χ2n) is 9.39. The average Bonchev–Trinajstić information content (AvgIpc) is 3.19. The zero-order valence-corrected chi connectivity index (χ0v) is 21.1. The van der Waals surface area contributed by atoms with Crippen molar-refractivity contribution in [3.63, 3.8) is 0 Å². The van der Waals surface area contributed by atoms with Gasteiger partial charge in [-0.3, -0.25) is 14.5 Å². The molecular weight excluding hydrogens is 474 g/mol. The van der Waals surface area contributed by atoms with Crippen molar-refractivity contribution in [2.75, 3.05) is 74.3 Å². The zero-order chi connectivity index (χ0) is 25.8. The molecule has 3 fully saturated rings. The smallest absolute Gasteiger partial charge is 0.325 e. The summed E-state index contributed by atoms with van der Waals surface area (Å²) in [7, 11) is 0. The van der Waals surface area contributed by atoms with E-state index in [9.17, 15) is 14.4 Å². The number of carbonyl (C=O) groups excluding carboxylic acids is 3. The SMILES string of the molecule is CC[C@]1(c2ccccc2)NC(=O)N(CC(=O)Nc2ccc(N3CCOCC3)cc2N2CCOCC2)C1=O. The van der Waals surface area contributed by atoms with Crippen molar-refractivity contribution in [3.05, 3.63) is 54.1 Å². The monoisotopic (exact) mass is 507 g/mol. The van der Waals surface area contributed by atoms with Crippen LogP contribution < -0.4 is 20.4 Å². The Labute approximate surface area is 216 Å². The summed E-state index contributed by atoms with van der Waals surface area (Å²) in [4.78, 5) is 44.9. The van der Waals surface area contributed by atoms with Gasteiger partial charge in [0.25, 0.3) is 5.91 Å². The quantitative estimate of drug-likeness (QED) is 0.554. The second kappa shape index (κ2) is 10.8. The van der Waals surface area contributed by atoms with Crippen molar-refractivity contribution in [1.82, 2.24) is 10.2 Å². The number of benzene rings is 2. The molecule has 2 aromatic rings. The maximum Gasteiger partial charge on any atom is 0.325 e. The molecule has 3 aliphatic heterocycles. The third kappa shape index (κ3) is 4.99. The number of hydrogen-bond donors (Lipinski definition) is 2. The highest BCUT2D eigenvalue weighted by Gasteiger charge is 2.51. The maximum atomic E-state index is 13.4. The van der Waals surface area contributed by atoms with Crippen LogP contribution in [0, 0.1) is 0 Å². The van der Waals surface area contributed by atoms with Crippen LogP contribution in [-0.2, 0) is 24.6 Å². The minimum absolute atomic E-state index is 0.368. The van der Waals surface area contributed by atoms with Crippen LogP contribution in [0.25, 0.3) is 0 Å². The van der Waals surface area contributed by atoms with E-state index in [-0.39, 0.29) is 6.54 Å². The molecule has 3 heterocycles. The Balaban J connectivity index is 1.35. The molecule has 0 aliphatic carbocycles. The van der Waals surface area contributed by atoms with Crippen molar-refractivity contribution >= 4 is 34.9 Å². The Morgan fingerprint density at radius 2 is 1.59 bits per heavy atom. The van der Waals surface area contributed by atoms with Gasteiger partial charge in [-0.25, -0.2) is 4.79 Å². The van der Waals surface area contributed by atoms with Crippen LogP contribution in [-0.4, -0.2) is 81.9 Å². The Hall–Kier alpha value is -3.63. The van der Waals surface area contributed by atoms with Crippen LogP contribution in [0.3, 0.4) is 0 Å².